The second-order valence-electron chi connectivity index (χ2n) is 7.05. The van der Waals surface area contributed by atoms with E-state index >= 15 is 0 Å². The Morgan fingerprint density at radius 1 is 1.14 bits per heavy atom. The number of likely N-dealkylation sites (tertiary alicyclic amines) is 1. The maximum absolute atomic E-state index is 12.5. The van der Waals surface area contributed by atoms with Gasteiger partial charge in [0.05, 0.1) is 16.8 Å². The summed E-state index contributed by atoms with van der Waals surface area (Å²) in [5.41, 5.74) is 2.86. The zero-order chi connectivity index (χ0) is 19.5. The highest BCUT2D eigenvalue weighted by Crippen LogP contribution is 2.25. The van der Waals surface area contributed by atoms with Crippen LogP contribution in [0.4, 0.5) is 0 Å². The fourth-order valence-corrected chi connectivity index (χ4v) is 4.87. The third-order valence-electron chi connectivity index (χ3n) is 5.19. The summed E-state index contributed by atoms with van der Waals surface area (Å²) in [6.07, 6.45) is 1.60. The maximum atomic E-state index is 12.5. The van der Waals surface area contributed by atoms with Crippen LogP contribution in [0.2, 0.25) is 5.02 Å². The number of para-hydroxylation sites is 2. The SMILES string of the molecule is O=C(CSCc1cccc(Cl)c1)N1CCC(n2c(=O)[nH]c3ccccc32)CC1. The Morgan fingerprint density at radius 3 is 2.71 bits per heavy atom. The van der Waals surface area contributed by atoms with E-state index in [1.165, 1.54) is 0 Å². The van der Waals surface area contributed by atoms with E-state index in [4.69, 9.17) is 11.6 Å². The van der Waals surface area contributed by atoms with Gasteiger partial charge in [0.15, 0.2) is 0 Å². The van der Waals surface area contributed by atoms with Gasteiger partial charge in [0.2, 0.25) is 5.91 Å². The molecule has 146 valence electrons. The lowest BCUT2D eigenvalue weighted by molar-refractivity contribution is -0.129. The smallest absolute Gasteiger partial charge is 0.326 e. The first kappa shape index (κ1) is 19.2. The van der Waals surface area contributed by atoms with Crippen molar-refractivity contribution >= 4 is 40.3 Å². The molecule has 1 N–H and O–H groups in total. The molecule has 0 radical (unpaired) electrons. The van der Waals surface area contributed by atoms with Crippen LogP contribution >= 0.6 is 23.4 Å². The summed E-state index contributed by atoms with van der Waals surface area (Å²) in [5, 5.41) is 0.721. The standard InChI is InChI=1S/C21H22ClN3O2S/c22-16-5-3-4-15(12-16)13-28-14-20(26)24-10-8-17(9-11-24)25-19-7-2-1-6-18(19)23-21(25)27/h1-7,12,17H,8-11,13-14H2,(H,23,27). The van der Waals surface area contributed by atoms with Crippen molar-refractivity contribution < 1.29 is 4.79 Å². The van der Waals surface area contributed by atoms with E-state index in [9.17, 15) is 9.59 Å². The number of H-pyrrole nitrogens is 1. The molecule has 5 nitrogen and oxygen atoms in total. The number of aromatic amines is 1. The summed E-state index contributed by atoms with van der Waals surface area (Å²) in [6, 6.07) is 15.6. The topological polar surface area (TPSA) is 58.1 Å². The molecule has 2 heterocycles. The largest absolute Gasteiger partial charge is 0.342 e. The number of carbonyl (C=O) groups is 1. The van der Waals surface area contributed by atoms with E-state index in [1.807, 2.05) is 58.0 Å². The van der Waals surface area contributed by atoms with Crippen LogP contribution in [0.25, 0.3) is 11.0 Å². The normalized spacial score (nSPS) is 15.2. The molecular weight excluding hydrogens is 394 g/mol. The molecule has 0 unspecified atom stereocenters. The number of piperidine rings is 1. The van der Waals surface area contributed by atoms with Crippen molar-refractivity contribution in [2.45, 2.75) is 24.6 Å². The third-order valence-corrected chi connectivity index (χ3v) is 6.41. The number of nitrogens with zero attached hydrogens (tertiary/aromatic N) is 2. The van der Waals surface area contributed by atoms with E-state index < -0.39 is 0 Å². The first-order valence-corrected chi connectivity index (χ1v) is 10.9. The van der Waals surface area contributed by atoms with Gasteiger partial charge in [0.25, 0.3) is 0 Å². The zero-order valence-corrected chi connectivity index (χ0v) is 17.0. The number of rotatable bonds is 5. The van der Waals surface area contributed by atoms with E-state index in [-0.39, 0.29) is 17.6 Å². The highest BCUT2D eigenvalue weighted by molar-refractivity contribution is 7.99. The Balaban J connectivity index is 1.31. The molecule has 1 aromatic heterocycles. The molecule has 7 heteroatoms. The Morgan fingerprint density at radius 2 is 1.93 bits per heavy atom. The fourth-order valence-electron chi connectivity index (χ4n) is 3.78. The van der Waals surface area contributed by atoms with Crippen LogP contribution in [0.15, 0.2) is 53.3 Å². The maximum Gasteiger partial charge on any atom is 0.326 e. The van der Waals surface area contributed by atoms with Crippen LogP contribution in [-0.4, -0.2) is 39.2 Å². The van der Waals surface area contributed by atoms with Gasteiger partial charge in [-0.15, -0.1) is 11.8 Å². The molecule has 1 amide bonds. The van der Waals surface area contributed by atoms with Gasteiger partial charge in [-0.1, -0.05) is 35.9 Å². The van der Waals surface area contributed by atoms with Gasteiger partial charge in [-0.3, -0.25) is 9.36 Å². The van der Waals surface area contributed by atoms with Gasteiger partial charge in [-0.05, 0) is 42.7 Å². The molecule has 1 aliphatic rings. The van der Waals surface area contributed by atoms with Crippen LogP contribution in [0, 0.1) is 0 Å². The summed E-state index contributed by atoms with van der Waals surface area (Å²) in [5.74, 6) is 1.40. The molecule has 0 saturated carbocycles. The number of halogens is 1. The van der Waals surface area contributed by atoms with Crippen molar-refractivity contribution in [2.75, 3.05) is 18.8 Å². The van der Waals surface area contributed by atoms with Gasteiger partial charge in [-0.2, -0.15) is 0 Å². The van der Waals surface area contributed by atoms with E-state index in [0.29, 0.717) is 18.8 Å². The van der Waals surface area contributed by atoms with Crippen LogP contribution in [-0.2, 0) is 10.5 Å². The predicted octanol–water partition coefficient (Wildman–Crippen LogP) is 4.08. The Bertz CT molecular complexity index is 1040. The van der Waals surface area contributed by atoms with Crippen molar-refractivity contribution in [1.82, 2.24) is 14.5 Å². The molecule has 0 atom stereocenters. The highest BCUT2D eigenvalue weighted by Gasteiger charge is 2.25. The number of imidazole rings is 1. The molecule has 28 heavy (non-hydrogen) atoms. The second kappa shape index (κ2) is 8.45. The van der Waals surface area contributed by atoms with Crippen LogP contribution in [0.3, 0.4) is 0 Å². The van der Waals surface area contributed by atoms with Gasteiger partial charge < -0.3 is 9.88 Å². The molecule has 2 aromatic carbocycles. The number of thioether (sulfide) groups is 1. The van der Waals surface area contributed by atoms with E-state index in [1.54, 1.807) is 11.8 Å². The number of benzene rings is 2. The van der Waals surface area contributed by atoms with Gasteiger partial charge in [-0.25, -0.2) is 4.79 Å². The first-order valence-electron chi connectivity index (χ1n) is 9.41. The third kappa shape index (κ3) is 4.13. The van der Waals surface area contributed by atoms with E-state index in [0.717, 1.165) is 40.2 Å². The molecule has 0 bridgehead atoms. The Hall–Kier alpha value is -2.18. The van der Waals surface area contributed by atoms with Crippen molar-refractivity contribution in [3.05, 3.63) is 69.6 Å². The lowest BCUT2D eigenvalue weighted by Gasteiger charge is -2.32. The van der Waals surface area contributed by atoms with Gasteiger partial charge in [0, 0.05) is 29.9 Å². The number of amides is 1. The highest BCUT2D eigenvalue weighted by atomic mass is 35.5. The summed E-state index contributed by atoms with van der Waals surface area (Å²) in [4.78, 5) is 29.7. The first-order chi connectivity index (χ1) is 13.6. The average Bonchev–Trinajstić information content (AvgIpc) is 3.04. The minimum Gasteiger partial charge on any atom is -0.342 e. The molecule has 3 aromatic rings. The lowest BCUT2D eigenvalue weighted by Crippen LogP contribution is -2.41. The molecular formula is C21H22ClN3O2S. The molecule has 0 spiro atoms. The second-order valence-corrected chi connectivity index (χ2v) is 8.47. The van der Waals surface area contributed by atoms with Crippen molar-refractivity contribution in [3.63, 3.8) is 0 Å². The van der Waals surface area contributed by atoms with E-state index in [2.05, 4.69) is 4.98 Å². The lowest BCUT2D eigenvalue weighted by atomic mass is 10.0. The van der Waals surface area contributed by atoms with Crippen molar-refractivity contribution in [1.29, 1.82) is 0 Å². The molecule has 1 aliphatic heterocycles. The summed E-state index contributed by atoms with van der Waals surface area (Å²) < 4.78 is 1.85. The van der Waals surface area contributed by atoms with Gasteiger partial charge >= 0.3 is 5.69 Å². The Labute approximate surface area is 172 Å². The van der Waals surface area contributed by atoms with Crippen molar-refractivity contribution in [3.8, 4) is 0 Å². The monoisotopic (exact) mass is 415 g/mol. The molecule has 1 fully saturated rings. The van der Waals surface area contributed by atoms with Crippen LogP contribution in [0.1, 0.15) is 24.4 Å². The minimum atomic E-state index is -0.0666. The minimum absolute atomic E-state index is 0.0666. The summed E-state index contributed by atoms with van der Waals surface area (Å²) >= 11 is 7.61. The van der Waals surface area contributed by atoms with Crippen LogP contribution < -0.4 is 5.69 Å². The Kier molecular flexibility index (Phi) is 5.78. The number of fused-ring (bicyclic) bond motifs is 1. The number of carbonyl (C=O) groups excluding carboxylic acids is 1. The van der Waals surface area contributed by atoms with Crippen molar-refractivity contribution in [2.24, 2.45) is 0 Å². The fraction of sp³-hybridized carbons (Fsp3) is 0.333. The summed E-state index contributed by atoms with van der Waals surface area (Å²) in [6.45, 7) is 1.38. The number of hydrogen-bond donors (Lipinski definition) is 1. The number of hydrogen-bond acceptors (Lipinski definition) is 3. The predicted molar refractivity (Wildman–Crippen MR) is 115 cm³/mol. The molecule has 4 rings (SSSR count). The number of aromatic nitrogens is 2. The zero-order valence-electron chi connectivity index (χ0n) is 15.4. The van der Waals surface area contributed by atoms with Crippen LogP contribution in [0.5, 0.6) is 0 Å². The average molecular weight is 416 g/mol. The van der Waals surface area contributed by atoms with Gasteiger partial charge in [0.1, 0.15) is 0 Å². The molecule has 1 saturated heterocycles. The molecule has 0 aliphatic carbocycles. The quantitative estimate of drug-likeness (QED) is 0.683. The summed E-state index contributed by atoms with van der Waals surface area (Å²) in [7, 11) is 0. The number of nitrogens with one attached hydrogen (secondary N) is 1.